The molecular formula is C21H20N2O4. The highest BCUT2D eigenvalue weighted by Crippen LogP contribution is 2.38. The largest absolute Gasteiger partial charge is 0.493 e. The Bertz CT molecular complexity index is 900. The van der Waals surface area contributed by atoms with Gasteiger partial charge >= 0.3 is 0 Å². The van der Waals surface area contributed by atoms with E-state index in [2.05, 4.69) is 10.3 Å². The van der Waals surface area contributed by atoms with Crippen LogP contribution in [0, 0.1) is 0 Å². The van der Waals surface area contributed by atoms with Gasteiger partial charge in [0.2, 0.25) is 5.75 Å². The number of methoxy groups -OCH3 is 3. The van der Waals surface area contributed by atoms with Gasteiger partial charge in [-0.25, -0.2) is 0 Å². The summed E-state index contributed by atoms with van der Waals surface area (Å²) in [5.41, 5.74) is 2.83. The number of carbonyl (C=O) groups excluding carboxylic acids is 1. The van der Waals surface area contributed by atoms with Crippen LogP contribution in [0.15, 0.2) is 60.8 Å². The molecule has 6 nitrogen and oxygen atoms in total. The Labute approximate surface area is 157 Å². The molecule has 138 valence electrons. The molecule has 1 aromatic heterocycles. The van der Waals surface area contributed by atoms with E-state index >= 15 is 0 Å². The topological polar surface area (TPSA) is 69.7 Å². The Hall–Kier alpha value is -3.54. The fraction of sp³-hybridized carbons (Fsp3) is 0.143. The van der Waals surface area contributed by atoms with Gasteiger partial charge in [0, 0.05) is 11.1 Å². The highest BCUT2D eigenvalue weighted by molar-refractivity contribution is 6.05. The lowest BCUT2D eigenvalue weighted by Crippen LogP contribution is -2.12. The maximum atomic E-state index is 12.6. The molecule has 1 amide bonds. The van der Waals surface area contributed by atoms with Crippen LogP contribution in [-0.4, -0.2) is 32.2 Å². The summed E-state index contributed by atoms with van der Waals surface area (Å²) in [6.07, 6.45) is 1.62. The number of benzene rings is 2. The van der Waals surface area contributed by atoms with Crippen molar-refractivity contribution in [3.63, 3.8) is 0 Å². The van der Waals surface area contributed by atoms with Crippen LogP contribution in [0.4, 0.5) is 5.69 Å². The summed E-state index contributed by atoms with van der Waals surface area (Å²) in [6.45, 7) is 0. The predicted molar refractivity (Wildman–Crippen MR) is 104 cm³/mol. The monoisotopic (exact) mass is 364 g/mol. The van der Waals surface area contributed by atoms with E-state index < -0.39 is 0 Å². The third-order valence-corrected chi connectivity index (χ3v) is 4.02. The smallest absolute Gasteiger partial charge is 0.255 e. The van der Waals surface area contributed by atoms with Gasteiger partial charge in [0.25, 0.3) is 5.91 Å². The number of pyridine rings is 1. The maximum absolute atomic E-state index is 12.6. The molecule has 3 aromatic rings. The first-order valence-corrected chi connectivity index (χ1v) is 8.29. The zero-order chi connectivity index (χ0) is 19.2. The quantitative estimate of drug-likeness (QED) is 0.715. The molecule has 1 N–H and O–H groups in total. The first-order chi connectivity index (χ1) is 13.2. The van der Waals surface area contributed by atoms with Crippen LogP contribution in [0.2, 0.25) is 0 Å². The molecule has 0 atom stereocenters. The highest BCUT2D eigenvalue weighted by Gasteiger charge is 2.17. The number of nitrogens with one attached hydrogen (secondary N) is 1. The molecule has 0 fully saturated rings. The van der Waals surface area contributed by atoms with E-state index in [0.29, 0.717) is 28.5 Å². The molecule has 0 radical (unpaired) electrons. The van der Waals surface area contributed by atoms with Gasteiger partial charge < -0.3 is 19.5 Å². The Morgan fingerprint density at radius 2 is 1.56 bits per heavy atom. The van der Waals surface area contributed by atoms with Crippen LogP contribution in [-0.2, 0) is 0 Å². The first kappa shape index (κ1) is 18.3. The number of hydrogen-bond acceptors (Lipinski definition) is 5. The molecule has 2 aromatic carbocycles. The molecule has 0 saturated heterocycles. The minimum Gasteiger partial charge on any atom is -0.493 e. The lowest BCUT2D eigenvalue weighted by Gasteiger charge is -2.14. The van der Waals surface area contributed by atoms with Gasteiger partial charge in [0.1, 0.15) is 0 Å². The van der Waals surface area contributed by atoms with Crippen molar-refractivity contribution in [3.05, 3.63) is 66.4 Å². The minimum absolute atomic E-state index is 0.302. The molecule has 0 unspecified atom stereocenters. The molecule has 3 rings (SSSR count). The lowest BCUT2D eigenvalue weighted by atomic mass is 10.1. The highest BCUT2D eigenvalue weighted by atomic mass is 16.5. The van der Waals surface area contributed by atoms with Crippen molar-refractivity contribution in [3.8, 4) is 28.5 Å². The van der Waals surface area contributed by atoms with Gasteiger partial charge in [-0.3, -0.25) is 9.78 Å². The van der Waals surface area contributed by atoms with Crippen LogP contribution < -0.4 is 19.5 Å². The van der Waals surface area contributed by atoms with Crippen molar-refractivity contribution >= 4 is 11.6 Å². The third kappa shape index (κ3) is 4.00. The molecular weight excluding hydrogens is 344 g/mol. The SMILES string of the molecule is COc1cc(C(=O)Nc2ccc(-c3ccccc3)nc2)cc(OC)c1OC. The molecule has 27 heavy (non-hydrogen) atoms. The number of anilines is 1. The van der Waals surface area contributed by atoms with Gasteiger partial charge in [-0.1, -0.05) is 30.3 Å². The maximum Gasteiger partial charge on any atom is 0.255 e. The number of nitrogens with zero attached hydrogens (tertiary/aromatic N) is 1. The van der Waals surface area contributed by atoms with Crippen molar-refractivity contribution in [1.82, 2.24) is 4.98 Å². The van der Waals surface area contributed by atoms with Crippen LogP contribution in [0.5, 0.6) is 17.2 Å². The van der Waals surface area contributed by atoms with E-state index in [1.807, 2.05) is 42.5 Å². The van der Waals surface area contributed by atoms with Crippen LogP contribution in [0.1, 0.15) is 10.4 Å². The van der Waals surface area contributed by atoms with Crippen LogP contribution >= 0.6 is 0 Å². The third-order valence-electron chi connectivity index (χ3n) is 4.02. The fourth-order valence-electron chi connectivity index (χ4n) is 2.66. The van der Waals surface area contributed by atoms with E-state index in [1.54, 1.807) is 18.3 Å². The second-order valence-corrected chi connectivity index (χ2v) is 5.67. The summed E-state index contributed by atoms with van der Waals surface area (Å²) in [4.78, 5) is 17.0. The molecule has 1 heterocycles. The van der Waals surface area contributed by atoms with Crippen molar-refractivity contribution in [2.45, 2.75) is 0 Å². The fourth-order valence-corrected chi connectivity index (χ4v) is 2.66. The Kier molecular flexibility index (Phi) is 5.56. The van der Waals surface area contributed by atoms with E-state index in [4.69, 9.17) is 14.2 Å². The molecule has 0 bridgehead atoms. The normalized spacial score (nSPS) is 10.2. The summed E-state index contributed by atoms with van der Waals surface area (Å²) in [7, 11) is 4.52. The summed E-state index contributed by atoms with van der Waals surface area (Å²) in [6, 6.07) is 16.7. The van der Waals surface area contributed by atoms with Crippen molar-refractivity contribution < 1.29 is 19.0 Å². The predicted octanol–water partition coefficient (Wildman–Crippen LogP) is 4.03. The average molecular weight is 364 g/mol. The van der Waals surface area contributed by atoms with Gasteiger partial charge in [-0.2, -0.15) is 0 Å². The first-order valence-electron chi connectivity index (χ1n) is 8.29. The molecule has 0 aliphatic heterocycles. The second-order valence-electron chi connectivity index (χ2n) is 5.67. The van der Waals surface area contributed by atoms with Gasteiger partial charge in [-0.15, -0.1) is 0 Å². The van der Waals surface area contributed by atoms with Gasteiger partial charge in [0.15, 0.2) is 11.5 Å². The average Bonchev–Trinajstić information content (AvgIpc) is 2.73. The second kappa shape index (κ2) is 8.23. The molecule has 0 aliphatic carbocycles. The Balaban J connectivity index is 1.81. The molecule has 0 spiro atoms. The van der Waals surface area contributed by atoms with Gasteiger partial charge in [-0.05, 0) is 24.3 Å². The van der Waals surface area contributed by atoms with Crippen LogP contribution in [0.25, 0.3) is 11.3 Å². The van der Waals surface area contributed by atoms with Crippen molar-refractivity contribution in [1.29, 1.82) is 0 Å². The zero-order valence-electron chi connectivity index (χ0n) is 15.4. The summed E-state index contributed by atoms with van der Waals surface area (Å²) in [5, 5.41) is 2.82. The number of ether oxygens (including phenoxy) is 3. The Morgan fingerprint density at radius 1 is 0.889 bits per heavy atom. The number of aromatic nitrogens is 1. The lowest BCUT2D eigenvalue weighted by molar-refractivity contribution is 0.102. The van der Waals surface area contributed by atoms with E-state index in [9.17, 15) is 4.79 Å². The molecule has 0 aliphatic rings. The number of carbonyl (C=O) groups is 1. The van der Waals surface area contributed by atoms with Crippen molar-refractivity contribution in [2.75, 3.05) is 26.6 Å². The standard InChI is InChI=1S/C21H20N2O4/c1-25-18-11-15(12-19(26-2)20(18)27-3)21(24)23-16-9-10-17(22-13-16)14-7-5-4-6-8-14/h4-13H,1-3H3,(H,23,24). The minimum atomic E-state index is -0.302. The number of amides is 1. The summed E-state index contributed by atoms with van der Waals surface area (Å²) < 4.78 is 15.8. The van der Waals surface area contributed by atoms with Crippen LogP contribution in [0.3, 0.4) is 0 Å². The summed E-state index contributed by atoms with van der Waals surface area (Å²) in [5.74, 6) is 0.966. The Morgan fingerprint density at radius 3 is 2.07 bits per heavy atom. The van der Waals surface area contributed by atoms with E-state index in [-0.39, 0.29) is 5.91 Å². The van der Waals surface area contributed by atoms with E-state index in [0.717, 1.165) is 11.3 Å². The van der Waals surface area contributed by atoms with E-state index in [1.165, 1.54) is 21.3 Å². The number of rotatable bonds is 6. The van der Waals surface area contributed by atoms with Gasteiger partial charge in [0.05, 0.1) is 38.9 Å². The number of hydrogen-bond donors (Lipinski definition) is 1. The van der Waals surface area contributed by atoms with Crippen molar-refractivity contribution in [2.24, 2.45) is 0 Å². The molecule has 6 heteroatoms. The summed E-state index contributed by atoms with van der Waals surface area (Å²) >= 11 is 0. The molecule has 0 saturated carbocycles. The zero-order valence-corrected chi connectivity index (χ0v) is 15.4.